The van der Waals surface area contributed by atoms with Crippen molar-refractivity contribution in [3.8, 4) is 0 Å². The normalized spacial score (nSPS) is 21.9. The molecule has 4 amide bonds. The smallest absolute Gasteiger partial charge is 0.335 e. The molecule has 34 heavy (non-hydrogen) atoms. The standard InChI is InChI=1S/C25H20N4O5/c1-27-20-13-12-19(29(33)34)14-17(20)15-25(21(27)16-8-4-2-5-9-16)22(30)26-24(32)28(23(25)31)18-10-6-3-7-11-18/h2-14,21H,15H2,1H3,(H,26,30,32)/t21-,25+/m0/s1. The van der Waals surface area contributed by atoms with Crippen molar-refractivity contribution in [1.82, 2.24) is 5.32 Å². The molecule has 2 aliphatic heterocycles. The van der Waals surface area contributed by atoms with Crippen LogP contribution in [0, 0.1) is 15.5 Å². The molecule has 1 saturated heterocycles. The molecule has 2 atom stereocenters. The minimum Gasteiger partial charge on any atom is -0.366 e. The maximum Gasteiger partial charge on any atom is 0.335 e. The SMILES string of the molecule is CN1c2ccc([N+](=O)[O-])cc2C[C@]2(C(=O)NC(=O)N(c3ccccc3)C2=O)[C@@H]1c1ccccc1. The highest BCUT2D eigenvalue weighted by molar-refractivity contribution is 6.30. The fourth-order valence-corrected chi connectivity index (χ4v) is 5.04. The number of rotatable bonds is 3. The molecule has 2 heterocycles. The summed E-state index contributed by atoms with van der Waals surface area (Å²) in [6.45, 7) is 0. The third kappa shape index (κ3) is 3.05. The molecule has 1 fully saturated rings. The van der Waals surface area contributed by atoms with Gasteiger partial charge in [-0.15, -0.1) is 0 Å². The van der Waals surface area contributed by atoms with Crippen molar-refractivity contribution < 1.29 is 19.3 Å². The molecule has 5 rings (SSSR count). The van der Waals surface area contributed by atoms with Gasteiger partial charge >= 0.3 is 6.03 Å². The van der Waals surface area contributed by atoms with Gasteiger partial charge in [-0.3, -0.25) is 25.0 Å². The van der Waals surface area contributed by atoms with Crippen molar-refractivity contribution in [2.75, 3.05) is 16.8 Å². The number of carbonyl (C=O) groups excluding carboxylic acids is 3. The Kier molecular flexibility index (Phi) is 4.89. The number of hydrogen-bond donors (Lipinski definition) is 1. The number of nitro benzene ring substituents is 1. The average molecular weight is 456 g/mol. The molecule has 170 valence electrons. The van der Waals surface area contributed by atoms with Gasteiger partial charge in [-0.1, -0.05) is 48.5 Å². The molecule has 3 aromatic carbocycles. The van der Waals surface area contributed by atoms with Crippen LogP contribution in [-0.4, -0.2) is 29.8 Å². The van der Waals surface area contributed by atoms with Gasteiger partial charge in [-0.25, -0.2) is 9.69 Å². The second-order valence-corrected chi connectivity index (χ2v) is 8.38. The van der Waals surface area contributed by atoms with Crippen LogP contribution >= 0.6 is 0 Å². The van der Waals surface area contributed by atoms with Gasteiger partial charge < -0.3 is 4.90 Å². The zero-order chi connectivity index (χ0) is 24.0. The number of carbonyl (C=O) groups is 3. The molecule has 2 aliphatic rings. The number of nitro groups is 1. The Morgan fingerprint density at radius 2 is 1.62 bits per heavy atom. The van der Waals surface area contributed by atoms with Crippen LogP contribution in [0.2, 0.25) is 0 Å². The van der Waals surface area contributed by atoms with Crippen LogP contribution in [0.3, 0.4) is 0 Å². The first-order chi connectivity index (χ1) is 16.3. The molecule has 9 nitrogen and oxygen atoms in total. The minimum absolute atomic E-state index is 0.102. The second kappa shape index (κ2) is 7.80. The van der Waals surface area contributed by atoms with E-state index in [1.54, 1.807) is 48.3 Å². The highest BCUT2D eigenvalue weighted by atomic mass is 16.6. The number of non-ortho nitro benzene ring substituents is 1. The Morgan fingerprint density at radius 1 is 0.971 bits per heavy atom. The molecule has 0 saturated carbocycles. The van der Waals surface area contributed by atoms with E-state index < -0.39 is 34.2 Å². The van der Waals surface area contributed by atoms with Gasteiger partial charge in [0.25, 0.3) is 11.6 Å². The van der Waals surface area contributed by atoms with Crippen LogP contribution in [0.25, 0.3) is 0 Å². The largest absolute Gasteiger partial charge is 0.366 e. The van der Waals surface area contributed by atoms with E-state index >= 15 is 0 Å². The van der Waals surface area contributed by atoms with Crippen LogP contribution in [-0.2, 0) is 16.0 Å². The van der Waals surface area contributed by atoms with Gasteiger partial charge in [-0.2, -0.15) is 0 Å². The average Bonchev–Trinajstić information content (AvgIpc) is 2.84. The Balaban J connectivity index is 1.75. The Morgan fingerprint density at radius 3 is 2.26 bits per heavy atom. The van der Waals surface area contributed by atoms with Crippen molar-refractivity contribution in [3.05, 3.63) is 100 Å². The highest BCUT2D eigenvalue weighted by Gasteiger charge is 2.62. The van der Waals surface area contributed by atoms with Gasteiger partial charge in [-0.05, 0) is 29.3 Å². The summed E-state index contributed by atoms with van der Waals surface area (Å²) in [6, 6.07) is 20.3. The van der Waals surface area contributed by atoms with Crippen molar-refractivity contribution in [1.29, 1.82) is 0 Å². The summed E-state index contributed by atoms with van der Waals surface area (Å²) in [7, 11) is 1.74. The molecule has 1 N–H and O–H groups in total. The lowest BCUT2D eigenvalue weighted by atomic mass is 9.66. The lowest BCUT2D eigenvalue weighted by molar-refractivity contribution is -0.384. The topological polar surface area (TPSA) is 113 Å². The third-order valence-electron chi connectivity index (χ3n) is 6.52. The number of nitrogens with one attached hydrogen (secondary N) is 1. The molecular formula is C25H20N4O5. The molecular weight excluding hydrogens is 436 g/mol. The lowest BCUT2D eigenvalue weighted by Gasteiger charge is -2.50. The van der Waals surface area contributed by atoms with E-state index in [0.29, 0.717) is 22.5 Å². The van der Waals surface area contributed by atoms with Crippen molar-refractivity contribution in [2.45, 2.75) is 12.5 Å². The number of anilines is 2. The number of nitrogens with zero attached hydrogens (tertiary/aromatic N) is 3. The number of benzene rings is 3. The molecule has 0 aromatic heterocycles. The number of hydrogen-bond acceptors (Lipinski definition) is 6. The van der Waals surface area contributed by atoms with Gasteiger partial charge in [0.05, 0.1) is 16.7 Å². The maximum atomic E-state index is 14.2. The Labute approximate surface area is 194 Å². The van der Waals surface area contributed by atoms with Gasteiger partial charge in [0.2, 0.25) is 5.91 Å². The van der Waals surface area contributed by atoms with Crippen molar-refractivity contribution >= 4 is 34.9 Å². The molecule has 9 heteroatoms. The van der Waals surface area contributed by atoms with E-state index in [2.05, 4.69) is 5.32 Å². The molecule has 0 bridgehead atoms. The van der Waals surface area contributed by atoms with Crippen LogP contribution in [0.5, 0.6) is 0 Å². The number of amides is 4. The Hall–Kier alpha value is -4.53. The molecule has 0 aliphatic carbocycles. The number of fused-ring (bicyclic) bond motifs is 1. The summed E-state index contributed by atoms with van der Waals surface area (Å²) in [6.07, 6.45) is -0.102. The second-order valence-electron chi connectivity index (χ2n) is 8.38. The van der Waals surface area contributed by atoms with Gasteiger partial charge in [0.1, 0.15) is 0 Å². The summed E-state index contributed by atoms with van der Waals surface area (Å²) < 4.78 is 0. The van der Waals surface area contributed by atoms with E-state index in [-0.39, 0.29) is 12.1 Å². The number of para-hydroxylation sites is 1. The zero-order valence-corrected chi connectivity index (χ0v) is 18.2. The van der Waals surface area contributed by atoms with E-state index in [1.807, 2.05) is 30.3 Å². The first kappa shape index (κ1) is 21.3. The van der Waals surface area contributed by atoms with Gasteiger partial charge in [0.15, 0.2) is 5.41 Å². The maximum absolute atomic E-state index is 14.2. The van der Waals surface area contributed by atoms with E-state index in [1.165, 1.54) is 12.1 Å². The highest BCUT2D eigenvalue weighted by Crippen LogP contribution is 2.51. The number of urea groups is 1. The van der Waals surface area contributed by atoms with Crippen LogP contribution in [0.15, 0.2) is 78.9 Å². The summed E-state index contributed by atoms with van der Waals surface area (Å²) in [4.78, 5) is 54.3. The first-order valence-corrected chi connectivity index (χ1v) is 10.6. The van der Waals surface area contributed by atoms with Crippen molar-refractivity contribution in [2.24, 2.45) is 5.41 Å². The summed E-state index contributed by atoms with van der Waals surface area (Å²) in [5.74, 6) is -1.40. The van der Waals surface area contributed by atoms with Crippen LogP contribution in [0.1, 0.15) is 17.2 Å². The van der Waals surface area contributed by atoms with Crippen molar-refractivity contribution in [3.63, 3.8) is 0 Å². The Bertz CT molecular complexity index is 1330. The fourth-order valence-electron chi connectivity index (χ4n) is 5.04. The van der Waals surface area contributed by atoms with Gasteiger partial charge in [0, 0.05) is 31.3 Å². The lowest BCUT2D eigenvalue weighted by Crippen LogP contribution is -2.69. The monoisotopic (exact) mass is 456 g/mol. The predicted octanol–water partition coefficient (Wildman–Crippen LogP) is 3.60. The van der Waals surface area contributed by atoms with E-state index in [0.717, 1.165) is 4.90 Å². The zero-order valence-electron chi connectivity index (χ0n) is 18.2. The third-order valence-corrected chi connectivity index (χ3v) is 6.52. The molecule has 0 unspecified atom stereocenters. The van der Waals surface area contributed by atoms with E-state index in [9.17, 15) is 24.5 Å². The predicted molar refractivity (Wildman–Crippen MR) is 124 cm³/mol. The van der Waals surface area contributed by atoms with Crippen LogP contribution in [0.4, 0.5) is 21.9 Å². The fraction of sp³-hybridized carbons (Fsp3) is 0.160. The number of imide groups is 2. The number of barbiturate groups is 1. The van der Waals surface area contributed by atoms with Crippen LogP contribution < -0.4 is 15.1 Å². The molecule has 0 radical (unpaired) electrons. The summed E-state index contributed by atoms with van der Waals surface area (Å²) in [5, 5.41) is 13.8. The van der Waals surface area contributed by atoms with E-state index in [4.69, 9.17) is 0 Å². The quantitative estimate of drug-likeness (QED) is 0.366. The summed E-state index contributed by atoms with van der Waals surface area (Å²) >= 11 is 0. The minimum atomic E-state index is -1.73. The first-order valence-electron chi connectivity index (χ1n) is 10.6. The summed E-state index contributed by atoms with van der Waals surface area (Å²) in [5.41, 5.74) is 0.321. The molecule has 3 aromatic rings. The molecule has 1 spiro atoms.